The van der Waals surface area contributed by atoms with E-state index in [1.54, 1.807) is 27.7 Å². The van der Waals surface area contributed by atoms with Crippen LogP contribution in [0.4, 0.5) is 0 Å². The van der Waals surface area contributed by atoms with Crippen molar-refractivity contribution in [3.8, 4) is 0 Å². The number of unbranched alkanes of at least 4 members (excludes halogenated alkanes) is 2. The number of carboxylic acids is 1. The molecule has 1 N–H and O–H groups in total. The third-order valence-corrected chi connectivity index (χ3v) is 10.1. The first kappa shape index (κ1) is 28.0. The Balaban J connectivity index is 1.79. The summed E-state index contributed by atoms with van der Waals surface area (Å²) in [6.07, 6.45) is 8.62. The molecule has 33 heavy (non-hydrogen) atoms. The molecule has 2 fully saturated rings. The van der Waals surface area contributed by atoms with Gasteiger partial charge in [-0.1, -0.05) is 25.7 Å². The Labute approximate surface area is 206 Å². The molecule has 9 heteroatoms. The molecule has 0 bridgehead atoms. The van der Waals surface area contributed by atoms with Gasteiger partial charge in [0.25, 0.3) is 11.8 Å². The summed E-state index contributed by atoms with van der Waals surface area (Å²) >= 11 is 4.07. The number of carbonyl (C=O) groups excluding carboxylic acids is 3. The number of thioether (sulfide) groups is 2. The van der Waals surface area contributed by atoms with Crippen LogP contribution >= 0.6 is 23.5 Å². The molecular formula is C24H39NO6S2. The number of carbonyl (C=O) groups is 4. The maximum atomic E-state index is 12.6. The van der Waals surface area contributed by atoms with E-state index < -0.39 is 34.6 Å². The predicted octanol–water partition coefficient (Wildman–Crippen LogP) is 5.42. The lowest BCUT2D eigenvalue weighted by molar-refractivity contribution is -0.204. The van der Waals surface area contributed by atoms with Crippen LogP contribution in [0.5, 0.6) is 0 Å². The Morgan fingerprint density at radius 3 is 1.88 bits per heavy atom. The van der Waals surface area contributed by atoms with E-state index in [4.69, 9.17) is 4.84 Å². The molecule has 0 aromatic rings. The van der Waals surface area contributed by atoms with E-state index in [9.17, 15) is 24.3 Å². The highest BCUT2D eigenvalue weighted by atomic mass is 32.2. The molecule has 2 rings (SSSR count). The summed E-state index contributed by atoms with van der Waals surface area (Å²) in [5.41, 5.74) is -1.45. The molecule has 0 atom stereocenters. The fourth-order valence-corrected chi connectivity index (χ4v) is 7.52. The highest BCUT2D eigenvalue weighted by Gasteiger charge is 2.38. The zero-order valence-electron chi connectivity index (χ0n) is 20.4. The molecule has 0 unspecified atom stereocenters. The van der Waals surface area contributed by atoms with Gasteiger partial charge in [0.05, 0.1) is 14.9 Å². The lowest BCUT2D eigenvalue weighted by atomic mass is 9.86. The molecule has 0 aromatic heterocycles. The van der Waals surface area contributed by atoms with Crippen LogP contribution in [0.3, 0.4) is 0 Å². The van der Waals surface area contributed by atoms with Gasteiger partial charge in [0, 0.05) is 12.8 Å². The molecule has 0 aliphatic carbocycles. The Morgan fingerprint density at radius 2 is 1.39 bits per heavy atom. The minimum Gasteiger partial charge on any atom is -0.481 e. The van der Waals surface area contributed by atoms with E-state index in [1.807, 2.05) is 23.5 Å². The lowest BCUT2D eigenvalue weighted by Gasteiger charge is -2.37. The number of hydrogen-bond acceptors (Lipinski definition) is 7. The molecule has 0 saturated carbocycles. The van der Waals surface area contributed by atoms with Crippen molar-refractivity contribution in [3.05, 3.63) is 0 Å². The van der Waals surface area contributed by atoms with Gasteiger partial charge in [0.15, 0.2) is 0 Å². The van der Waals surface area contributed by atoms with E-state index in [-0.39, 0.29) is 16.9 Å². The molecule has 2 heterocycles. The van der Waals surface area contributed by atoms with Crippen molar-refractivity contribution in [2.45, 2.75) is 102 Å². The van der Waals surface area contributed by atoms with Gasteiger partial charge >= 0.3 is 11.9 Å². The Kier molecular flexibility index (Phi) is 10.2. The molecule has 0 radical (unpaired) electrons. The third kappa shape index (κ3) is 8.19. The van der Waals surface area contributed by atoms with Crippen LogP contribution in [0.2, 0.25) is 0 Å². The lowest BCUT2D eigenvalue weighted by Crippen LogP contribution is -2.37. The predicted molar refractivity (Wildman–Crippen MR) is 132 cm³/mol. The monoisotopic (exact) mass is 501 g/mol. The molecule has 0 aromatic carbocycles. The van der Waals surface area contributed by atoms with Gasteiger partial charge in [0.1, 0.15) is 0 Å². The van der Waals surface area contributed by atoms with Crippen LogP contribution in [-0.2, 0) is 24.0 Å². The van der Waals surface area contributed by atoms with Gasteiger partial charge in [-0.3, -0.25) is 14.4 Å². The summed E-state index contributed by atoms with van der Waals surface area (Å²) in [5, 5.41) is 9.94. The van der Waals surface area contributed by atoms with Crippen molar-refractivity contribution < 1.29 is 29.1 Å². The van der Waals surface area contributed by atoms with Crippen molar-refractivity contribution >= 4 is 47.3 Å². The van der Waals surface area contributed by atoms with Crippen molar-refractivity contribution in [2.75, 3.05) is 11.5 Å². The standard InChI is InChI=1S/C24H39NO6S2/c1-22(2,20(28)29)12-5-7-14-24(32-16-9-17-33-24)15-8-6-13-23(3,4)21(30)31-25-18(26)10-11-19(25)27/h5-17H2,1-4H3,(H,28,29). The number of hydroxylamine groups is 2. The van der Waals surface area contributed by atoms with Crippen molar-refractivity contribution in [3.63, 3.8) is 0 Å². The molecule has 2 aliphatic heterocycles. The fraction of sp³-hybridized carbons (Fsp3) is 0.833. The first-order chi connectivity index (χ1) is 15.4. The quantitative estimate of drug-likeness (QED) is 0.264. The zero-order valence-corrected chi connectivity index (χ0v) is 22.1. The molecular weight excluding hydrogens is 462 g/mol. The van der Waals surface area contributed by atoms with Crippen LogP contribution in [0, 0.1) is 10.8 Å². The normalized spacial score (nSPS) is 19.1. The first-order valence-electron chi connectivity index (χ1n) is 12.0. The fourth-order valence-electron chi connectivity index (χ4n) is 4.03. The van der Waals surface area contributed by atoms with Crippen molar-refractivity contribution in [1.29, 1.82) is 0 Å². The van der Waals surface area contributed by atoms with Gasteiger partial charge in [-0.05, 0) is 71.3 Å². The Morgan fingerprint density at radius 1 is 0.909 bits per heavy atom. The maximum Gasteiger partial charge on any atom is 0.338 e. The second kappa shape index (κ2) is 12.0. The van der Waals surface area contributed by atoms with Crippen molar-refractivity contribution in [2.24, 2.45) is 10.8 Å². The van der Waals surface area contributed by atoms with Gasteiger partial charge in [-0.15, -0.1) is 28.6 Å². The average Bonchev–Trinajstić information content (AvgIpc) is 3.07. The molecule has 0 spiro atoms. The van der Waals surface area contributed by atoms with Gasteiger partial charge in [0.2, 0.25) is 0 Å². The number of imide groups is 1. The smallest absolute Gasteiger partial charge is 0.338 e. The van der Waals surface area contributed by atoms with Crippen LogP contribution in [0.15, 0.2) is 0 Å². The minimum absolute atomic E-state index is 0.0950. The van der Waals surface area contributed by atoms with Crippen molar-refractivity contribution in [1.82, 2.24) is 5.06 Å². The number of rotatable bonds is 13. The Hall–Kier alpha value is -1.22. The first-order valence-corrected chi connectivity index (χ1v) is 14.0. The van der Waals surface area contributed by atoms with E-state index >= 15 is 0 Å². The van der Waals surface area contributed by atoms with E-state index in [0.29, 0.717) is 17.9 Å². The highest BCUT2D eigenvalue weighted by molar-refractivity contribution is 8.18. The van der Waals surface area contributed by atoms with Gasteiger partial charge in [-0.2, -0.15) is 0 Å². The summed E-state index contributed by atoms with van der Waals surface area (Å²) < 4.78 is 0.171. The Bertz CT molecular complexity index is 714. The second-order valence-corrected chi connectivity index (χ2v) is 13.6. The summed E-state index contributed by atoms with van der Waals surface area (Å²) in [6, 6.07) is 0. The van der Waals surface area contributed by atoms with E-state index in [0.717, 1.165) is 50.0 Å². The van der Waals surface area contributed by atoms with Crippen LogP contribution in [-0.4, -0.2) is 49.5 Å². The van der Waals surface area contributed by atoms with Crippen LogP contribution in [0.25, 0.3) is 0 Å². The molecule has 2 saturated heterocycles. The highest BCUT2D eigenvalue weighted by Crippen LogP contribution is 2.49. The maximum absolute atomic E-state index is 12.6. The molecule has 2 amide bonds. The van der Waals surface area contributed by atoms with Crippen LogP contribution in [0.1, 0.15) is 98.3 Å². The minimum atomic E-state index is -0.772. The molecule has 2 aliphatic rings. The number of carboxylic acid groups (broad SMARTS) is 1. The number of amides is 2. The summed E-state index contributed by atoms with van der Waals surface area (Å²) in [6.45, 7) is 7.17. The SMILES string of the molecule is CC(C)(CCCCC1(CCCCC(C)(C)C(=O)ON2C(=O)CCC2=O)SCCCS1)C(=O)O. The van der Waals surface area contributed by atoms with Gasteiger partial charge in [-0.25, -0.2) is 4.79 Å². The average molecular weight is 502 g/mol. The topological polar surface area (TPSA) is 101 Å². The van der Waals surface area contributed by atoms with Gasteiger partial charge < -0.3 is 9.94 Å². The van der Waals surface area contributed by atoms with E-state index in [2.05, 4.69) is 0 Å². The molecule has 7 nitrogen and oxygen atoms in total. The summed E-state index contributed by atoms with van der Waals surface area (Å²) in [4.78, 5) is 52.4. The van der Waals surface area contributed by atoms with Crippen LogP contribution < -0.4 is 0 Å². The number of hydrogen-bond donors (Lipinski definition) is 1. The number of nitrogens with zero attached hydrogens (tertiary/aromatic N) is 1. The summed E-state index contributed by atoms with van der Waals surface area (Å²) in [7, 11) is 0. The molecule has 188 valence electrons. The van der Waals surface area contributed by atoms with E-state index in [1.165, 1.54) is 6.42 Å². The largest absolute Gasteiger partial charge is 0.481 e. The number of aliphatic carboxylic acids is 1. The zero-order chi connectivity index (χ0) is 24.7. The second-order valence-electron chi connectivity index (χ2n) is 10.4. The third-order valence-electron chi connectivity index (χ3n) is 6.55. The summed E-state index contributed by atoms with van der Waals surface area (Å²) in [5.74, 6) is 0.127.